The molecule has 0 N–H and O–H groups in total. The van der Waals surface area contributed by atoms with Crippen molar-refractivity contribution in [2.24, 2.45) is 10.4 Å². The van der Waals surface area contributed by atoms with Crippen molar-refractivity contribution in [1.29, 1.82) is 0 Å². The first-order valence-electron chi connectivity index (χ1n) is 6.58. The molecule has 0 saturated heterocycles. The Labute approximate surface area is 116 Å². The predicted octanol–water partition coefficient (Wildman–Crippen LogP) is 3.32. The van der Waals surface area contributed by atoms with E-state index in [0.717, 1.165) is 5.56 Å². The second-order valence-electron chi connectivity index (χ2n) is 6.01. The highest BCUT2D eigenvalue weighted by Crippen LogP contribution is 2.23. The van der Waals surface area contributed by atoms with Gasteiger partial charge in [0.15, 0.2) is 0 Å². The van der Waals surface area contributed by atoms with Crippen LogP contribution >= 0.6 is 0 Å². The molecule has 0 fully saturated rings. The first-order chi connectivity index (χ1) is 8.73. The molecule has 1 unspecified atom stereocenters. The van der Waals surface area contributed by atoms with Gasteiger partial charge in [0.05, 0.1) is 6.04 Å². The number of benzene rings is 1. The molecule has 0 spiro atoms. The van der Waals surface area contributed by atoms with Crippen LogP contribution in [0.4, 0.5) is 0 Å². The summed E-state index contributed by atoms with van der Waals surface area (Å²) in [5.41, 5.74) is 1.48. The molecule has 0 radical (unpaired) electrons. The van der Waals surface area contributed by atoms with Crippen molar-refractivity contribution in [2.45, 2.75) is 33.7 Å². The van der Waals surface area contributed by atoms with Gasteiger partial charge in [-0.2, -0.15) is 0 Å². The van der Waals surface area contributed by atoms with Crippen LogP contribution in [-0.4, -0.2) is 30.6 Å². The molecule has 0 heterocycles. The Morgan fingerprint density at radius 1 is 1.16 bits per heavy atom. The van der Waals surface area contributed by atoms with E-state index < -0.39 is 0 Å². The topological polar surface area (TPSA) is 32.7 Å². The standard InChI is InChI=1S/C16H24N2O/c1-12(13-10-8-7-9-11-13)17-14(16(2,3)4)15(19)18(5)6/h7-12H,1-6H3. The predicted molar refractivity (Wildman–Crippen MR) is 80.4 cm³/mol. The van der Waals surface area contributed by atoms with Gasteiger partial charge in [0.1, 0.15) is 5.71 Å². The number of hydrogen-bond donors (Lipinski definition) is 0. The molecule has 3 nitrogen and oxygen atoms in total. The normalized spacial score (nSPS) is 14.1. The van der Waals surface area contributed by atoms with E-state index in [1.807, 2.05) is 58.0 Å². The number of aliphatic imine (C=N–C) groups is 1. The fourth-order valence-electron chi connectivity index (χ4n) is 1.78. The molecule has 104 valence electrons. The second-order valence-corrected chi connectivity index (χ2v) is 6.01. The molecule has 0 aliphatic carbocycles. The third-order valence-corrected chi connectivity index (χ3v) is 2.92. The number of carbonyl (C=O) groups is 1. The van der Waals surface area contributed by atoms with Crippen molar-refractivity contribution in [1.82, 2.24) is 4.90 Å². The minimum absolute atomic E-state index is 0.0145. The maximum atomic E-state index is 12.3. The summed E-state index contributed by atoms with van der Waals surface area (Å²) in [6.45, 7) is 8.07. The zero-order valence-corrected chi connectivity index (χ0v) is 12.8. The summed E-state index contributed by atoms with van der Waals surface area (Å²) >= 11 is 0. The van der Waals surface area contributed by atoms with E-state index >= 15 is 0 Å². The van der Waals surface area contributed by atoms with E-state index in [4.69, 9.17) is 0 Å². The van der Waals surface area contributed by atoms with Crippen molar-refractivity contribution in [3.63, 3.8) is 0 Å². The Kier molecular flexibility index (Phi) is 4.87. The molecule has 1 aromatic carbocycles. The molecule has 3 heteroatoms. The summed E-state index contributed by atoms with van der Waals surface area (Å²) in [6, 6.07) is 10.0. The molecule has 1 amide bonds. The second kappa shape index (κ2) is 6.00. The minimum Gasteiger partial charge on any atom is -0.344 e. The van der Waals surface area contributed by atoms with E-state index in [1.54, 1.807) is 19.0 Å². The molecule has 1 aromatic rings. The third-order valence-electron chi connectivity index (χ3n) is 2.92. The summed E-state index contributed by atoms with van der Waals surface area (Å²) in [5, 5.41) is 0. The van der Waals surface area contributed by atoms with Crippen LogP contribution in [0.15, 0.2) is 35.3 Å². The van der Waals surface area contributed by atoms with E-state index in [1.165, 1.54) is 0 Å². The Morgan fingerprint density at radius 3 is 2.11 bits per heavy atom. The Hall–Kier alpha value is -1.64. The van der Waals surface area contributed by atoms with E-state index in [-0.39, 0.29) is 17.4 Å². The van der Waals surface area contributed by atoms with Crippen LogP contribution < -0.4 is 0 Å². The summed E-state index contributed by atoms with van der Waals surface area (Å²) in [7, 11) is 3.52. The van der Waals surface area contributed by atoms with Crippen LogP contribution in [0.2, 0.25) is 0 Å². The zero-order valence-electron chi connectivity index (χ0n) is 12.8. The van der Waals surface area contributed by atoms with Crippen molar-refractivity contribution in [3.05, 3.63) is 35.9 Å². The summed E-state index contributed by atoms with van der Waals surface area (Å²) in [6.07, 6.45) is 0. The lowest BCUT2D eigenvalue weighted by molar-refractivity contribution is -0.122. The summed E-state index contributed by atoms with van der Waals surface area (Å²) < 4.78 is 0. The third kappa shape index (κ3) is 4.19. The van der Waals surface area contributed by atoms with Crippen molar-refractivity contribution in [2.75, 3.05) is 14.1 Å². The molecule has 1 rings (SSSR count). The van der Waals surface area contributed by atoms with Crippen molar-refractivity contribution < 1.29 is 4.79 Å². The smallest absolute Gasteiger partial charge is 0.267 e. The van der Waals surface area contributed by atoms with Crippen molar-refractivity contribution in [3.8, 4) is 0 Å². The highest BCUT2D eigenvalue weighted by atomic mass is 16.2. The van der Waals surface area contributed by atoms with Gasteiger partial charge < -0.3 is 4.90 Å². The Balaban J connectivity index is 3.12. The van der Waals surface area contributed by atoms with Crippen LogP contribution in [0.3, 0.4) is 0 Å². The highest BCUT2D eigenvalue weighted by Gasteiger charge is 2.27. The van der Waals surface area contributed by atoms with Gasteiger partial charge in [-0.3, -0.25) is 9.79 Å². The van der Waals surface area contributed by atoms with Crippen LogP contribution in [0, 0.1) is 5.41 Å². The first kappa shape index (κ1) is 15.4. The van der Waals surface area contributed by atoms with E-state index in [2.05, 4.69) is 4.99 Å². The molecular weight excluding hydrogens is 236 g/mol. The first-order valence-corrected chi connectivity index (χ1v) is 6.58. The van der Waals surface area contributed by atoms with Crippen LogP contribution in [0.1, 0.15) is 39.3 Å². The lowest BCUT2D eigenvalue weighted by Crippen LogP contribution is -2.38. The van der Waals surface area contributed by atoms with Crippen LogP contribution in [0.5, 0.6) is 0 Å². The van der Waals surface area contributed by atoms with Gasteiger partial charge in [-0.05, 0) is 12.5 Å². The van der Waals surface area contributed by atoms with Gasteiger partial charge in [-0.1, -0.05) is 51.1 Å². The molecule has 19 heavy (non-hydrogen) atoms. The summed E-state index contributed by atoms with van der Waals surface area (Å²) in [5.74, 6) is -0.0183. The van der Waals surface area contributed by atoms with E-state index in [0.29, 0.717) is 5.71 Å². The molecule has 0 aliphatic heterocycles. The average Bonchev–Trinajstić information content (AvgIpc) is 2.34. The van der Waals surface area contributed by atoms with Crippen molar-refractivity contribution >= 4 is 11.6 Å². The molecule has 0 aliphatic rings. The maximum Gasteiger partial charge on any atom is 0.267 e. The van der Waals surface area contributed by atoms with Gasteiger partial charge in [0.2, 0.25) is 0 Å². The molecule has 0 saturated carbocycles. The molecule has 0 bridgehead atoms. The Bertz CT molecular complexity index is 455. The minimum atomic E-state index is -0.260. The van der Waals surface area contributed by atoms with E-state index in [9.17, 15) is 4.79 Å². The highest BCUT2D eigenvalue weighted by molar-refractivity contribution is 6.40. The van der Waals surface area contributed by atoms with Gasteiger partial charge in [0.25, 0.3) is 5.91 Å². The number of hydrogen-bond acceptors (Lipinski definition) is 2. The quantitative estimate of drug-likeness (QED) is 0.767. The number of amides is 1. The van der Waals surface area contributed by atoms with Gasteiger partial charge in [-0.15, -0.1) is 0 Å². The van der Waals surface area contributed by atoms with Crippen LogP contribution in [-0.2, 0) is 4.79 Å². The summed E-state index contributed by atoms with van der Waals surface area (Å²) in [4.78, 5) is 18.5. The largest absolute Gasteiger partial charge is 0.344 e. The zero-order chi connectivity index (χ0) is 14.6. The Morgan fingerprint density at radius 2 is 1.68 bits per heavy atom. The molecule has 0 aromatic heterocycles. The maximum absolute atomic E-state index is 12.3. The molecule has 1 atom stereocenters. The monoisotopic (exact) mass is 260 g/mol. The number of carbonyl (C=O) groups excluding carboxylic acids is 1. The lowest BCUT2D eigenvalue weighted by atomic mass is 9.88. The lowest BCUT2D eigenvalue weighted by Gasteiger charge is -2.25. The molecular formula is C16H24N2O. The van der Waals surface area contributed by atoms with Crippen LogP contribution in [0.25, 0.3) is 0 Å². The number of rotatable bonds is 3. The van der Waals surface area contributed by atoms with Gasteiger partial charge in [0, 0.05) is 19.5 Å². The number of nitrogens with zero attached hydrogens (tertiary/aromatic N) is 2. The van der Waals surface area contributed by atoms with Gasteiger partial charge in [-0.25, -0.2) is 0 Å². The van der Waals surface area contributed by atoms with Gasteiger partial charge >= 0.3 is 0 Å². The fourth-order valence-corrected chi connectivity index (χ4v) is 1.78. The SMILES string of the molecule is CC(N=C(C(=O)N(C)C)C(C)(C)C)c1ccccc1. The average molecular weight is 260 g/mol. The fraction of sp³-hybridized carbons (Fsp3) is 0.500.